The molecule has 1 fully saturated rings. The molecule has 6 heteroatoms. The number of hydrogen-bond acceptors (Lipinski definition) is 2. The molecule has 0 aliphatic carbocycles. The van der Waals surface area contributed by atoms with Crippen molar-refractivity contribution in [3.8, 4) is 0 Å². The molecule has 1 aromatic carbocycles. The average molecular weight is 287 g/mol. The molecule has 0 bridgehead atoms. The van der Waals surface area contributed by atoms with Gasteiger partial charge in [-0.1, -0.05) is 13.3 Å². The smallest absolute Gasteiger partial charge is 0.418 e. The van der Waals surface area contributed by atoms with Crippen LogP contribution in [0.25, 0.3) is 0 Å². The van der Waals surface area contributed by atoms with Gasteiger partial charge in [-0.2, -0.15) is 13.2 Å². The highest BCUT2D eigenvalue weighted by Gasteiger charge is 2.37. The second-order valence-electron chi connectivity index (χ2n) is 5.04. The van der Waals surface area contributed by atoms with E-state index in [2.05, 4.69) is 0 Å². The Kier molecular flexibility index (Phi) is 3.92. The first-order chi connectivity index (χ1) is 9.32. The van der Waals surface area contributed by atoms with Gasteiger partial charge >= 0.3 is 12.1 Å². The van der Waals surface area contributed by atoms with Crippen LogP contribution in [0.2, 0.25) is 0 Å². The number of nitrogens with zero attached hydrogens (tertiary/aromatic N) is 1. The number of carboxylic acid groups (broad SMARTS) is 1. The van der Waals surface area contributed by atoms with Gasteiger partial charge in [-0.25, -0.2) is 4.79 Å². The van der Waals surface area contributed by atoms with Gasteiger partial charge in [0.15, 0.2) is 0 Å². The summed E-state index contributed by atoms with van der Waals surface area (Å²) in [6.45, 7) is 3.19. The number of rotatable bonds is 3. The highest BCUT2D eigenvalue weighted by atomic mass is 19.4. The molecule has 0 saturated carbocycles. The van der Waals surface area contributed by atoms with E-state index in [4.69, 9.17) is 5.11 Å². The van der Waals surface area contributed by atoms with Crippen LogP contribution in [0, 0.1) is 5.92 Å². The maximum Gasteiger partial charge on any atom is 0.418 e. The molecular formula is C14H16F3NO2. The summed E-state index contributed by atoms with van der Waals surface area (Å²) in [5, 5.41) is 8.83. The summed E-state index contributed by atoms with van der Waals surface area (Å²) in [4.78, 5) is 12.5. The number of halogens is 3. The predicted molar refractivity (Wildman–Crippen MR) is 69.0 cm³/mol. The lowest BCUT2D eigenvalue weighted by atomic mass is 10.1. The Morgan fingerprint density at radius 1 is 1.45 bits per heavy atom. The van der Waals surface area contributed by atoms with E-state index >= 15 is 0 Å². The van der Waals surface area contributed by atoms with Gasteiger partial charge in [0, 0.05) is 18.8 Å². The molecule has 1 aliphatic heterocycles. The van der Waals surface area contributed by atoms with Crippen molar-refractivity contribution in [2.24, 2.45) is 5.92 Å². The molecule has 1 unspecified atom stereocenters. The van der Waals surface area contributed by atoms with Gasteiger partial charge in [0.25, 0.3) is 0 Å². The maximum atomic E-state index is 13.1. The molecule has 20 heavy (non-hydrogen) atoms. The van der Waals surface area contributed by atoms with Gasteiger partial charge in [0.2, 0.25) is 0 Å². The van der Waals surface area contributed by atoms with E-state index in [0.29, 0.717) is 19.0 Å². The van der Waals surface area contributed by atoms with Gasteiger partial charge in [-0.15, -0.1) is 0 Å². The Morgan fingerprint density at radius 2 is 2.15 bits per heavy atom. The summed E-state index contributed by atoms with van der Waals surface area (Å²) < 4.78 is 39.3. The zero-order chi connectivity index (χ0) is 14.9. The summed E-state index contributed by atoms with van der Waals surface area (Å²) in [6.07, 6.45) is -2.75. The number of carboxylic acids is 1. The fraction of sp³-hybridized carbons (Fsp3) is 0.500. The molecule has 0 aromatic heterocycles. The minimum atomic E-state index is -4.55. The molecule has 2 rings (SSSR count). The third-order valence-electron chi connectivity index (χ3n) is 3.75. The molecule has 1 saturated heterocycles. The van der Waals surface area contributed by atoms with E-state index in [9.17, 15) is 18.0 Å². The van der Waals surface area contributed by atoms with Crippen LogP contribution < -0.4 is 4.90 Å². The van der Waals surface area contributed by atoms with Crippen molar-refractivity contribution in [2.45, 2.75) is 25.9 Å². The fourth-order valence-corrected chi connectivity index (χ4v) is 2.56. The molecule has 0 spiro atoms. The molecule has 0 radical (unpaired) electrons. The van der Waals surface area contributed by atoms with Crippen LogP contribution in [0.1, 0.15) is 35.7 Å². The lowest BCUT2D eigenvalue weighted by Crippen LogP contribution is -2.23. The molecule has 1 aromatic rings. The Hall–Kier alpha value is -1.72. The van der Waals surface area contributed by atoms with Crippen LogP contribution in [0.4, 0.5) is 18.9 Å². The molecule has 3 nitrogen and oxygen atoms in total. The van der Waals surface area contributed by atoms with E-state index < -0.39 is 17.7 Å². The van der Waals surface area contributed by atoms with Crippen LogP contribution in [-0.4, -0.2) is 24.2 Å². The van der Waals surface area contributed by atoms with Crippen molar-refractivity contribution >= 4 is 11.7 Å². The van der Waals surface area contributed by atoms with E-state index in [0.717, 1.165) is 18.9 Å². The van der Waals surface area contributed by atoms with E-state index in [1.165, 1.54) is 12.1 Å². The van der Waals surface area contributed by atoms with Gasteiger partial charge in [0.05, 0.1) is 11.1 Å². The fourth-order valence-electron chi connectivity index (χ4n) is 2.56. The number of aromatic carboxylic acids is 1. The van der Waals surface area contributed by atoms with Crippen LogP contribution >= 0.6 is 0 Å². The van der Waals surface area contributed by atoms with Gasteiger partial charge in [-0.05, 0) is 30.5 Å². The van der Waals surface area contributed by atoms with Crippen LogP contribution in [0.3, 0.4) is 0 Å². The number of benzene rings is 1. The Labute approximate surface area is 115 Å². The number of hydrogen-bond donors (Lipinski definition) is 1. The Balaban J connectivity index is 2.40. The minimum absolute atomic E-state index is 0.0819. The van der Waals surface area contributed by atoms with E-state index in [1.54, 1.807) is 4.90 Å². The van der Waals surface area contributed by atoms with Gasteiger partial charge < -0.3 is 10.0 Å². The van der Waals surface area contributed by atoms with Crippen molar-refractivity contribution in [3.63, 3.8) is 0 Å². The summed E-state index contributed by atoms with van der Waals surface area (Å²) >= 11 is 0. The summed E-state index contributed by atoms with van der Waals surface area (Å²) in [5.41, 5.74) is -1.13. The zero-order valence-electron chi connectivity index (χ0n) is 11.1. The molecular weight excluding hydrogens is 271 g/mol. The second-order valence-corrected chi connectivity index (χ2v) is 5.04. The lowest BCUT2D eigenvalue weighted by molar-refractivity contribution is -0.137. The van der Waals surface area contributed by atoms with E-state index in [1.807, 2.05) is 6.92 Å². The first kappa shape index (κ1) is 14.7. The Morgan fingerprint density at radius 3 is 2.65 bits per heavy atom. The zero-order valence-corrected chi connectivity index (χ0v) is 11.1. The lowest BCUT2D eigenvalue weighted by Gasteiger charge is -2.23. The highest BCUT2D eigenvalue weighted by Crippen LogP contribution is 2.39. The standard InChI is InChI=1S/C14H16F3NO2/c1-2-9-5-6-18(8-9)12-4-3-10(13(19)20)7-11(12)14(15,16)17/h3-4,7,9H,2,5-6,8H2,1H3,(H,19,20). The van der Waals surface area contributed by atoms with Crippen molar-refractivity contribution in [1.82, 2.24) is 0 Å². The second kappa shape index (κ2) is 5.34. The molecule has 1 aliphatic rings. The maximum absolute atomic E-state index is 13.1. The van der Waals surface area contributed by atoms with Crippen molar-refractivity contribution in [1.29, 1.82) is 0 Å². The third-order valence-corrected chi connectivity index (χ3v) is 3.75. The quantitative estimate of drug-likeness (QED) is 0.922. The largest absolute Gasteiger partial charge is 0.478 e. The topological polar surface area (TPSA) is 40.5 Å². The Bertz CT molecular complexity index is 514. The minimum Gasteiger partial charge on any atom is -0.478 e. The monoisotopic (exact) mass is 287 g/mol. The van der Waals surface area contributed by atoms with Crippen LogP contribution in [-0.2, 0) is 6.18 Å². The summed E-state index contributed by atoms with van der Waals surface area (Å²) in [7, 11) is 0. The number of anilines is 1. The average Bonchev–Trinajstić information content (AvgIpc) is 2.85. The number of alkyl halides is 3. The van der Waals surface area contributed by atoms with Crippen LogP contribution in [0.15, 0.2) is 18.2 Å². The number of carbonyl (C=O) groups is 1. The molecule has 1 atom stereocenters. The first-order valence-electron chi connectivity index (χ1n) is 6.52. The predicted octanol–water partition coefficient (Wildman–Crippen LogP) is 3.64. The third kappa shape index (κ3) is 2.89. The molecule has 1 N–H and O–H groups in total. The molecule has 0 amide bonds. The van der Waals surface area contributed by atoms with Crippen molar-refractivity contribution in [2.75, 3.05) is 18.0 Å². The van der Waals surface area contributed by atoms with Gasteiger partial charge in [-0.3, -0.25) is 0 Å². The molecule has 1 heterocycles. The van der Waals surface area contributed by atoms with Crippen LogP contribution in [0.5, 0.6) is 0 Å². The summed E-state index contributed by atoms with van der Waals surface area (Å²) in [5.74, 6) is -0.954. The molecule has 110 valence electrons. The van der Waals surface area contributed by atoms with Crippen molar-refractivity contribution < 1.29 is 23.1 Å². The van der Waals surface area contributed by atoms with E-state index in [-0.39, 0.29) is 11.3 Å². The highest BCUT2D eigenvalue weighted by molar-refractivity contribution is 5.88. The first-order valence-corrected chi connectivity index (χ1v) is 6.52. The van der Waals surface area contributed by atoms with Gasteiger partial charge in [0.1, 0.15) is 0 Å². The van der Waals surface area contributed by atoms with Crippen molar-refractivity contribution in [3.05, 3.63) is 29.3 Å². The normalized spacial score (nSPS) is 19.4. The summed E-state index contributed by atoms with van der Waals surface area (Å²) in [6, 6.07) is 3.22. The SMILES string of the molecule is CCC1CCN(c2ccc(C(=O)O)cc2C(F)(F)F)C1.